The van der Waals surface area contributed by atoms with E-state index in [1.807, 2.05) is 18.2 Å². The first-order chi connectivity index (χ1) is 10.3. The van der Waals surface area contributed by atoms with Gasteiger partial charge in [-0.1, -0.05) is 12.1 Å². The van der Waals surface area contributed by atoms with E-state index in [0.717, 1.165) is 11.3 Å². The summed E-state index contributed by atoms with van der Waals surface area (Å²) in [5, 5.41) is 0. The summed E-state index contributed by atoms with van der Waals surface area (Å²) in [4.78, 5) is 0. The Balaban J connectivity index is 1.68. The second kappa shape index (κ2) is 6.08. The van der Waals surface area contributed by atoms with Gasteiger partial charge in [-0.05, 0) is 66.6 Å². The highest BCUT2D eigenvalue weighted by Crippen LogP contribution is 2.26. The fourth-order valence-electron chi connectivity index (χ4n) is 2.84. The molecule has 3 rings (SSSR count). The molecule has 3 nitrogen and oxygen atoms in total. The zero-order valence-corrected chi connectivity index (χ0v) is 12.4. The van der Waals surface area contributed by atoms with Crippen LogP contribution in [0.1, 0.15) is 29.5 Å². The SMILES string of the molecule is COc1ccc(COc2ccc3c(c2)CCCC3)cc1N. The van der Waals surface area contributed by atoms with Crippen molar-refractivity contribution in [3.63, 3.8) is 0 Å². The lowest BCUT2D eigenvalue weighted by molar-refractivity contribution is 0.305. The summed E-state index contributed by atoms with van der Waals surface area (Å²) in [6, 6.07) is 12.2. The summed E-state index contributed by atoms with van der Waals surface area (Å²) < 4.78 is 11.0. The van der Waals surface area contributed by atoms with E-state index >= 15 is 0 Å². The molecular weight excluding hydrogens is 262 g/mol. The topological polar surface area (TPSA) is 44.5 Å². The van der Waals surface area contributed by atoms with E-state index in [1.165, 1.54) is 36.8 Å². The molecule has 0 spiro atoms. The number of hydrogen-bond donors (Lipinski definition) is 1. The van der Waals surface area contributed by atoms with Crippen LogP contribution in [0.5, 0.6) is 11.5 Å². The fraction of sp³-hybridized carbons (Fsp3) is 0.333. The monoisotopic (exact) mass is 283 g/mol. The number of rotatable bonds is 4. The smallest absolute Gasteiger partial charge is 0.141 e. The average Bonchev–Trinajstić information content (AvgIpc) is 2.53. The summed E-state index contributed by atoms with van der Waals surface area (Å²) in [6.45, 7) is 0.521. The van der Waals surface area contributed by atoms with Crippen LogP contribution in [0.15, 0.2) is 36.4 Å². The number of anilines is 1. The van der Waals surface area contributed by atoms with Crippen LogP contribution in [0.2, 0.25) is 0 Å². The van der Waals surface area contributed by atoms with E-state index in [9.17, 15) is 0 Å². The maximum absolute atomic E-state index is 5.91. The van der Waals surface area contributed by atoms with Gasteiger partial charge >= 0.3 is 0 Å². The van der Waals surface area contributed by atoms with Gasteiger partial charge in [-0.2, -0.15) is 0 Å². The number of nitrogens with two attached hydrogens (primary N) is 1. The van der Waals surface area contributed by atoms with Gasteiger partial charge in [0.25, 0.3) is 0 Å². The first-order valence-electron chi connectivity index (χ1n) is 7.43. The van der Waals surface area contributed by atoms with Crippen molar-refractivity contribution in [2.75, 3.05) is 12.8 Å². The van der Waals surface area contributed by atoms with Crippen molar-refractivity contribution in [3.8, 4) is 11.5 Å². The molecule has 0 atom stereocenters. The third-order valence-electron chi connectivity index (χ3n) is 4.02. The minimum atomic E-state index is 0.521. The van der Waals surface area contributed by atoms with E-state index in [4.69, 9.17) is 15.2 Å². The minimum Gasteiger partial charge on any atom is -0.495 e. The molecule has 1 aliphatic rings. The van der Waals surface area contributed by atoms with Crippen LogP contribution in [0.3, 0.4) is 0 Å². The molecule has 0 heterocycles. The Hall–Kier alpha value is -2.16. The highest BCUT2D eigenvalue weighted by atomic mass is 16.5. The molecular formula is C18H21NO2. The van der Waals surface area contributed by atoms with E-state index in [0.29, 0.717) is 18.0 Å². The number of methoxy groups -OCH3 is 1. The van der Waals surface area contributed by atoms with Gasteiger partial charge in [0.05, 0.1) is 12.8 Å². The predicted molar refractivity (Wildman–Crippen MR) is 84.8 cm³/mol. The van der Waals surface area contributed by atoms with Gasteiger partial charge < -0.3 is 15.2 Å². The lowest BCUT2D eigenvalue weighted by atomic mass is 9.92. The normalized spacial score (nSPS) is 13.6. The fourth-order valence-corrected chi connectivity index (χ4v) is 2.84. The van der Waals surface area contributed by atoms with Crippen LogP contribution in [0.4, 0.5) is 5.69 Å². The molecule has 0 saturated heterocycles. The third-order valence-corrected chi connectivity index (χ3v) is 4.02. The van der Waals surface area contributed by atoms with E-state index in [2.05, 4.69) is 18.2 Å². The lowest BCUT2D eigenvalue weighted by Crippen LogP contribution is -2.03. The standard InChI is InChI=1S/C18H21NO2/c1-20-18-9-6-13(10-17(18)19)12-21-16-8-7-14-4-2-3-5-15(14)11-16/h6-11H,2-5,12,19H2,1H3. The Morgan fingerprint density at radius 3 is 2.57 bits per heavy atom. The lowest BCUT2D eigenvalue weighted by Gasteiger charge is -2.17. The first-order valence-corrected chi connectivity index (χ1v) is 7.43. The molecule has 0 unspecified atom stereocenters. The summed E-state index contributed by atoms with van der Waals surface area (Å²) in [6.07, 6.45) is 4.95. The van der Waals surface area contributed by atoms with Crippen molar-refractivity contribution in [2.45, 2.75) is 32.3 Å². The van der Waals surface area contributed by atoms with E-state index in [1.54, 1.807) is 7.11 Å². The number of benzene rings is 2. The van der Waals surface area contributed by atoms with E-state index in [-0.39, 0.29) is 0 Å². The van der Waals surface area contributed by atoms with Crippen molar-refractivity contribution in [3.05, 3.63) is 53.1 Å². The first kappa shape index (κ1) is 13.8. The quantitative estimate of drug-likeness (QED) is 0.869. The van der Waals surface area contributed by atoms with Gasteiger partial charge in [-0.3, -0.25) is 0 Å². The zero-order valence-electron chi connectivity index (χ0n) is 12.4. The Bertz CT molecular complexity index is 637. The summed E-state index contributed by atoms with van der Waals surface area (Å²) in [5.41, 5.74) is 10.5. The third kappa shape index (κ3) is 3.13. The van der Waals surface area contributed by atoms with Crippen LogP contribution in [-0.2, 0) is 19.4 Å². The van der Waals surface area contributed by atoms with Crippen molar-refractivity contribution >= 4 is 5.69 Å². The summed E-state index contributed by atoms with van der Waals surface area (Å²) in [5.74, 6) is 1.64. The molecule has 0 aliphatic heterocycles. The Morgan fingerprint density at radius 2 is 1.81 bits per heavy atom. The summed E-state index contributed by atoms with van der Waals surface area (Å²) >= 11 is 0. The molecule has 3 heteroatoms. The second-order valence-corrected chi connectivity index (χ2v) is 5.50. The van der Waals surface area contributed by atoms with Crippen molar-refractivity contribution in [1.82, 2.24) is 0 Å². The second-order valence-electron chi connectivity index (χ2n) is 5.50. The molecule has 21 heavy (non-hydrogen) atoms. The Labute approximate surface area is 125 Å². The van der Waals surface area contributed by atoms with Crippen LogP contribution < -0.4 is 15.2 Å². The molecule has 2 N–H and O–H groups in total. The molecule has 0 fully saturated rings. The van der Waals surface area contributed by atoms with Gasteiger partial charge in [0.15, 0.2) is 0 Å². The maximum Gasteiger partial charge on any atom is 0.141 e. The van der Waals surface area contributed by atoms with Crippen molar-refractivity contribution in [2.24, 2.45) is 0 Å². The number of aryl methyl sites for hydroxylation is 2. The molecule has 0 amide bonds. The van der Waals surface area contributed by atoms with Crippen LogP contribution in [0, 0.1) is 0 Å². The van der Waals surface area contributed by atoms with Gasteiger partial charge in [-0.15, -0.1) is 0 Å². The molecule has 1 aliphatic carbocycles. The van der Waals surface area contributed by atoms with Gasteiger partial charge in [0, 0.05) is 0 Å². The van der Waals surface area contributed by atoms with Crippen LogP contribution in [-0.4, -0.2) is 7.11 Å². The van der Waals surface area contributed by atoms with Crippen molar-refractivity contribution in [1.29, 1.82) is 0 Å². The molecule has 2 aromatic carbocycles. The van der Waals surface area contributed by atoms with Crippen LogP contribution in [0.25, 0.3) is 0 Å². The largest absolute Gasteiger partial charge is 0.495 e. The molecule has 110 valence electrons. The van der Waals surface area contributed by atoms with Crippen molar-refractivity contribution < 1.29 is 9.47 Å². The van der Waals surface area contributed by atoms with Gasteiger partial charge in [-0.25, -0.2) is 0 Å². The van der Waals surface area contributed by atoms with Gasteiger partial charge in [0.2, 0.25) is 0 Å². The molecule has 0 radical (unpaired) electrons. The Kier molecular flexibility index (Phi) is 4.00. The highest BCUT2D eigenvalue weighted by Gasteiger charge is 2.10. The summed E-state index contributed by atoms with van der Waals surface area (Å²) in [7, 11) is 1.62. The molecule has 2 aromatic rings. The number of ether oxygens (including phenoxy) is 2. The number of nitrogen functional groups attached to an aromatic ring is 1. The Morgan fingerprint density at radius 1 is 1.00 bits per heavy atom. The zero-order chi connectivity index (χ0) is 14.7. The average molecular weight is 283 g/mol. The number of fused-ring (bicyclic) bond motifs is 1. The number of hydrogen-bond acceptors (Lipinski definition) is 3. The maximum atomic E-state index is 5.91. The van der Waals surface area contributed by atoms with Gasteiger partial charge in [0.1, 0.15) is 18.1 Å². The highest BCUT2D eigenvalue weighted by molar-refractivity contribution is 5.54. The molecule has 0 aromatic heterocycles. The molecule has 0 bridgehead atoms. The minimum absolute atomic E-state index is 0.521. The van der Waals surface area contributed by atoms with Crippen LogP contribution >= 0.6 is 0 Å². The van der Waals surface area contributed by atoms with E-state index < -0.39 is 0 Å². The predicted octanol–water partition coefficient (Wildman–Crippen LogP) is 3.74. The molecule has 0 saturated carbocycles.